The van der Waals surface area contributed by atoms with Gasteiger partial charge in [-0.1, -0.05) is 17.7 Å². The molecular weight excluding hydrogens is 430 g/mol. The lowest BCUT2D eigenvalue weighted by molar-refractivity contribution is -0.132. The topological polar surface area (TPSA) is 80.0 Å². The van der Waals surface area contributed by atoms with Crippen molar-refractivity contribution in [3.05, 3.63) is 87.3 Å². The average molecular weight is 452 g/mol. The minimum Gasteiger partial charge on any atom is -0.507 e. The fourth-order valence-electron chi connectivity index (χ4n) is 4.07. The highest BCUT2D eigenvalue weighted by Crippen LogP contribution is 2.44. The lowest BCUT2D eigenvalue weighted by Gasteiger charge is -2.24. The zero-order chi connectivity index (χ0) is 23.2. The number of ketones is 1. The van der Waals surface area contributed by atoms with Gasteiger partial charge in [-0.2, -0.15) is 0 Å². The summed E-state index contributed by atoms with van der Waals surface area (Å²) in [7, 11) is 1.45. The number of carbonyl (C=O) groups excluding carboxylic acids is 2. The number of benzene rings is 2. The van der Waals surface area contributed by atoms with Crippen LogP contribution in [0, 0.1) is 20.8 Å². The van der Waals surface area contributed by atoms with Gasteiger partial charge in [0, 0.05) is 10.7 Å². The normalized spacial score (nSPS) is 17.8. The third-order valence-corrected chi connectivity index (χ3v) is 5.61. The molecule has 164 valence electrons. The number of hydrogen-bond donors (Lipinski definition) is 1. The quantitative estimate of drug-likeness (QED) is 0.322. The minimum absolute atomic E-state index is 0.0934. The molecule has 1 amide bonds. The summed E-state index contributed by atoms with van der Waals surface area (Å²) in [5.74, 6) is -0.651. The van der Waals surface area contributed by atoms with E-state index in [0.29, 0.717) is 28.0 Å². The molecule has 2 aromatic carbocycles. The van der Waals surface area contributed by atoms with Gasteiger partial charge in [0.15, 0.2) is 0 Å². The van der Waals surface area contributed by atoms with Crippen molar-refractivity contribution in [2.75, 3.05) is 12.0 Å². The molecule has 4 rings (SSSR count). The van der Waals surface area contributed by atoms with Crippen molar-refractivity contribution in [1.29, 1.82) is 0 Å². The van der Waals surface area contributed by atoms with Crippen molar-refractivity contribution in [3.63, 3.8) is 0 Å². The molecule has 7 heteroatoms. The van der Waals surface area contributed by atoms with Gasteiger partial charge in [-0.3, -0.25) is 14.5 Å². The Morgan fingerprint density at radius 3 is 2.31 bits per heavy atom. The van der Waals surface area contributed by atoms with Crippen LogP contribution in [0.3, 0.4) is 0 Å². The molecule has 1 saturated heterocycles. The number of ether oxygens (including phenoxy) is 1. The van der Waals surface area contributed by atoms with Gasteiger partial charge in [-0.15, -0.1) is 0 Å². The van der Waals surface area contributed by atoms with Crippen LogP contribution in [0.4, 0.5) is 5.69 Å². The summed E-state index contributed by atoms with van der Waals surface area (Å²) in [5.41, 5.74) is 2.54. The van der Waals surface area contributed by atoms with Gasteiger partial charge in [-0.05, 0) is 74.4 Å². The Labute approximate surface area is 190 Å². The Morgan fingerprint density at radius 2 is 1.72 bits per heavy atom. The van der Waals surface area contributed by atoms with Crippen molar-refractivity contribution in [2.24, 2.45) is 0 Å². The molecular formula is C25H22ClNO5. The third kappa shape index (κ3) is 3.67. The summed E-state index contributed by atoms with van der Waals surface area (Å²) >= 11 is 6.14. The lowest BCUT2D eigenvalue weighted by atomic mass is 9.98. The van der Waals surface area contributed by atoms with E-state index in [1.54, 1.807) is 31.2 Å². The Morgan fingerprint density at radius 1 is 1.03 bits per heavy atom. The first kappa shape index (κ1) is 21.7. The highest BCUT2D eigenvalue weighted by molar-refractivity contribution is 6.51. The number of methoxy groups -OCH3 is 1. The van der Waals surface area contributed by atoms with Gasteiger partial charge in [0.05, 0.1) is 18.2 Å². The van der Waals surface area contributed by atoms with E-state index in [4.69, 9.17) is 20.8 Å². The Kier molecular flexibility index (Phi) is 5.57. The molecule has 1 N–H and O–H groups in total. The molecule has 1 aliphatic heterocycles. The number of aliphatic hydroxyl groups is 1. The fourth-order valence-corrected chi connectivity index (χ4v) is 4.24. The van der Waals surface area contributed by atoms with E-state index < -0.39 is 17.7 Å². The maximum Gasteiger partial charge on any atom is 0.300 e. The number of amides is 1. The largest absolute Gasteiger partial charge is 0.507 e. The number of nitrogens with zero attached hydrogens (tertiary/aromatic N) is 1. The number of aryl methyl sites for hydroxylation is 3. The van der Waals surface area contributed by atoms with Crippen LogP contribution in [0.1, 0.15) is 34.3 Å². The smallest absolute Gasteiger partial charge is 0.300 e. The number of Topliss-reactive ketones (excluding diaryl/α,β-unsaturated/α-hetero) is 1. The molecule has 0 spiro atoms. The van der Waals surface area contributed by atoms with Crippen LogP contribution >= 0.6 is 11.6 Å². The monoisotopic (exact) mass is 451 g/mol. The summed E-state index contributed by atoms with van der Waals surface area (Å²) in [6, 6.07) is 12.8. The second-order valence-corrected chi connectivity index (χ2v) is 8.24. The maximum absolute atomic E-state index is 13.2. The first-order chi connectivity index (χ1) is 15.2. The molecule has 0 saturated carbocycles. The van der Waals surface area contributed by atoms with E-state index in [9.17, 15) is 14.7 Å². The highest BCUT2D eigenvalue weighted by atomic mass is 35.5. The van der Waals surface area contributed by atoms with Crippen molar-refractivity contribution in [1.82, 2.24) is 0 Å². The van der Waals surface area contributed by atoms with E-state index >= 15 is 0 Å². The lowest BCUT2D eigenvalue weighted by Crippen LogP contribution is -2.29. The molecule has 32 heavy (non-hydrogen) atoms. The second kappa shape index (κ2) is 8.20. The Balaban J connectivity index is 1.99. The molecule has 0 aliphatic carbocycles. The number of aliphatic hydroxyl groups excluding tert-OH is 1. The van der Waals surface area contributed by atoms with Gasteiger partial charge < -0.3 is 14.3 Å². The number of hydrogen-bond acceptors (Lipinski definition) is 5. The van der Waals surface area contributed by atoms with Crippen LogP contribution in [-0.4, -0.2) is 23.9 Å². The van der Waals surface area contributed by atoms with Crippen LogP contribution in [0.2, 0.25) is 5.02 Å². The molecule has 2 heterocycles. The molecule has 0 bridgehead atoms. The summed E-state index contributed by atoms with van der Waals surface area (Å²) in [5, 5.41) is 11.6. The van der Waals surface area contributed by atoms with Gasteiger partial charge in [0.2, 0.25) is 0 Å². The van der Waals surface area contributed by atoms with E-state index in [1.165, 1.54) is 18.1 Å². The van der Waals surface area contributed by atoms with Gasteiger partial charge in [0.1, 0.15) is 29.1 Å². The van der Waals surface area contributed by atoms with Crippen molar-refractivity contribution >= 4 is 34.7 Å². The minimum atomic E-state index is -0.950. The van der Waals surface area contributed by atoms with E-state index in [1.807, 2.05) is 32.0 Å². The summed E-state index contributed by atoms with van der Waals surface area (Å²) < 4.78 is 11.2. The van der Waals surface area contributed by atoms with Crippen molar-refractivity contribution in [2.45, 2.75) is 26.8 Å². The van der Waals surface area contributed by atoms with Gasteiger partial charge >= 0.3 is 0 Å². The number of rotatable bonds is 4. The predicted octanol–water partition coefficient (Wildman–Crippen LogP) is 5.49. The highest BCUT2D eigenvalue weighted by Gasteiger charge is 2.48. The van der Waals surface area contributed by atoms with E-state index in [0.717, 1.165) is 11.1 Å². The number of anilines is 1. The Bertz CT molecular complexity index is 1250. The van der Waals surface area contributed by atoms with Crippen LogP contribution < -0.4 is 9.64 Å². The first-order valence-electron chi connectivity index (χ1n) is 10.0. The molecule has 1 atom stereocenters. The fraction of sp³-hybridized carbons (Fsp3) is 0.200. The molecule has 1 aromatic heterocycles. The maximum atomic E-state index is 13.2. The van der Waals surface area contributed by atoms with E-state index in [-0.39, 0.29) is 16.9 Å². The second-order valence-electron chi connectivity index (χ2n) is 7.81. The molecule has 3 aromatic rings. The van der Waals surface area contributed by atoms with Crippen molar-refractivity contribution in [3.8, 4) is 5.75 Å². The van der Waals surface area contributed by atoms with Gasteiger partial charge in [0.25, 0.3) is 11.7 Å². The van der Waals surface area contributed by atoms with Gasteiger partial charge in [-0.25, -0.2) is 0 Å². The summed E-state index contributed by atoms with van der Waals surface area (Å²) in [4.78, 5) is 27.8. The van der Waals surface area contributed by atoms with Crippen LogP contribution in [0.15, 0.2) is 58.5 Å². The molecule has 6 nitrogen and oxygen atoms in total. The third-order valence-electron chi connectivity index (χ3n) is 5.38. The van der Waals surface area contributed by atoms with Crippen LogP contribution in [0.25, 0.3) is 5.76 Å². The predicted molar refractivity (Wildman–Crippen MR) is 122 cm³/mol. The molecule has 1 unspecified atom stereocenters. The first-order valence-corrected chi connectivity index (χ1v) is 10.4. The number of halogens is 1. The molecule has 1 aliphatic rings. The zero-order valence-corrected chi connectivity index (χ0v) is 18.9. The SMILES string of the molecule is COc1ccc(Cl)cc1/C(O)=C1\C(=O)C(=O)N(c2cc(C)cc(C)c2)C1c1ccc(C)o1. The van der Waals surface area contributed by atoms with E-state index in [2.05, 4.69) is 0 Å². The zero-order valence-electron chi connectivity index (χ0n) is 18.1. The standard InChI is InChI=1S/C25H22ClNO5/c1-13-9-14(2)11-17(10-13)27-22(20-7-5-15(3)32-20)21(24(29)25(27)30)23(28)18-12-16(26)6-8-19(18)31-4/h5-12,22,28H,1-4H3/b23-21+. The van der Waals surface area contributed by atoms with Crippen molar-refractivity contribution < 1.29 is 23.8 Å². The number of carbonyl (C=O) groups is 2. The summed E-state index contributed by atoms with van der Waals surface area (Å²) in [6.07, 6.45) is 0. The van der Waals surface area contributed by atoms with Crippen LogP contribution in [-0.2, 0) is 9.59 Å². The summed E-state index contributed by atoms with van der Waals surface area (Å²) in [6.45, 7) is 5.60. The van der Waals surface area contributed by atoms with Crippen LogP contribution in [0.5, 0.6) is 5.75 Å². The number of furan rings is 1. The average Bonchev–Trinajstić information content (AvgIpc) is 3.28. The molecule has 1 fully saturated rings. The Hall–Kier alpha value is -3.51. The molecule has 0 radical (unpaired) electrons.